The standard InChI is InChI=1S/C26H26NO10P/c1-32-16-7-8-17-18(13-16)27-24(25(28)15-11-21(34-3)26(36-5)22(12-15)35-4)23(17)14-6-9-19(33-2)20(10-14)37-38(29,30)31/h6-13,27H,1-5H3,(H2,29,30,31)/p-2. The van der Waals surface area contributed by atoms with E-state index in [1.807, 2.05) is 0 Å². The molecule has 0 aliphatic carbocycles. The van der Waals surface area contributed by atoms with E-state index >= 15 is 0 Å². The lowest BCUT2D eigenvalue weighted by atomic mass is 9.97. The van der Waals surface area contributed by atoms with Crippen molar-refractivity contribution in [3.05, 3.63) is 59.8 Å². The van der Waals surface area contributed by atoms with Gasteiger partial charge in [0.05, 0.1) is 46.8 Å². The second kappa shape index (κ2) is 10.7. The van der Waals surface area contributed by atoms with Crippen LogP contribution in [0.15, 0.2) is 48.5 Å². The number of ether oxygens (including phenoxy) is 5. The number of aromatic amines is 1. The zero-order valence-electron chi connectivity index (χ0n) is 21.1. The van der Waals surface area contributed by atoms with E-state index < -0.39 is 13.6 Å². The summed E-state index contributed by atoms with van der Waals surface area (Å²) in [5.41, 5.74) is 1.80. The Labute approximate surface area is 218 Å². The molecule has 0 saturated carbocycles. The van der Waals surface area contributed by atoms with Gasteiger partial charge in [-0.1, -0.05) is 6.07 Å². The highest BCUT2D eigenvalue weighted by Gasteiger charge is 2.25. The summed E-state index contributed by atoms with van der Waals surface area (Å²) in [5, 5.41) is 0.630. The normalized spacial score (nSPS) is 11.2. The van der Waals surface area contributed by atoms with Crippen LogP contribution in [0.3, 0.4) is 0 Å². The number of carbonyl (C=O) groups excluding carboxylic acids is 1. The molecule has 12 heteroatoms. The number of rotatable bonds is 10. The lowest BCUT2D eigenvalue weighted by molar-refractivity contribution is -0.333. The van der Waals surface area contributed by atoms with Gasteiger partial charge in [-0.3, -0.25) is 4.79 Å². The van der Waals surface area contributed by atoms with E-state index in [0.717, 1.165) is 0 Å². The zero-order valence-corrected chi connectivity index (χ0v) is 22.0. The van der Waals surface area contributed by atoms with Crippen LogP contribution in [0.1, 0.15) is 16.1 Å². The Bertz CT molecular complexity index is 1530. The minimum atomic E-state index is -5.40. The van der Waals surface area contributed by atoms with Gasteiger partial charge in [-0.25, -0.2) is 0 Å². The Hall–Kier alpha value is -4.18. The van der Waals surface area contributed by atoms with E-state index in [9.17, 15) is 19.1 Å². The van der Waals surface area contributed by atoms with Crippen LogP contribution >= 0.6 is 7.82 Å². The number of hydrogen-bond acceptors (Lipinski definition) is 10. The summed E-state index contributed by atoms with van der Waals surface area (Å²) in [5.74, 6) is 0.741. The molecule has 0 fully saturated rings. The summed E-state index contributed by atoms with van der Waals surface area (Å²) >= 11 is 0. The van der Waals surface area contributed by atoms with Crippen molar-refractivity contribution in [1.29, 1.82) is 0 Å². The summed E-state index contributed by atoms with van der Waals surface area (Å²) in [6.45, 7) is 0. The van der Waals surface area contributed by atoms with Crippen LogP contribution in [0.25, 0.3) is 22.0 Å². The number of hydrogen-bond donors (Lipinski definition) is 1. The van der Waals surface area contributed by atoms with Gasteiger partial charge in [0.2, 0.25) is 11.5 Å². The van der Waals surface area contributed by atoms with Gasteiger partial charge in [-0.15, -0.1) is 0 Å². The maximum absolute atomic E-state index is 13.9. The molecule has 1 heterocycles. The van der Waals surface area contributed by atoms with E-state index in [1.54, 1.807) is 24.3 Å². The lowest BCUT2D eigenvalue weighted by Crippen LogP contribution is -2.18. The van der Waals surface area contributed by atoms with E-state index in [1.165, 1.54) is 59.8 Å². The first-order valence-electron chi connectivity index (χ1n) is 11.1. The topological polar surface area (TPSA) is 151 Å². The Morgan fingerprint density at radius 1 is 0.763 bits per heavy atom. The van der Waals surface area contributed by atoms with E-state index in [2.05, 4.69) is 9.51 Å². The molecule has 11 nitrogen and oxygen atoms in total. The molecule has 200 valence electrons. The van der Waals surface area contributed by atoms with Crippen molar-refractivity contribution >= 4 is 24.5 Å². The number of fused-ring (bicyclic) bond motifs is 1. The molecular weight excluding hydrogens is 517 g/mol. The van der Waals surface area contributed by atoms with Gasteiger partial charge in [0.1, 0.15) is 13.6 Å². The van der Waals surface area contributed by atoms with Crippen molar-refractivity contribution in [2.24, 2.45) is 0 Å². The molecule has 0 aliphatic rings. The molecule has 0 atom stereocenters. The summed E-state index contributed by atoms with van der Waals surface area (Å²) in [4.78, 5) is 39.8. The minimum Gasteiger partial charge on any atom is -0.780 e. The predicted octanol–water partition coefficient (Wildman–Crippen LogP) is 3.32. The smallest absolute Gasteiger partial charge is 0.210 e. The van der Waals surface area contributed by atoms with Crippen LogP contribution in [0.2, 0.25) is 0 Å². The Morgan fingerprint density at radius 2 is 1.42 bits per heavy atom. The fourth-order valence-corrected chi connectivity index (χ4v) is 4.54. The molecule has 38 heavy (non-hydrogen) atoms. The van der Waals surface area contributed by atoms with E-state index in [0.29, 0.717) is 33.5 Å². The van der Waals surface area contributed by atoms with Crippen molar-refractivity contribution < 1.29 is 47.4 Å². The van der Waals surface area contributed by atoms with Crippen LogP contribution in [0.4, 0.5) is 0 Å². The molecule has 4 aromatic rings. The number of phosphoric acid groups is 1. The molecule has 1 N–H and O–H groups in total. The van der Waals surface area contributed by atoms with Crippen LogP contribution in [-0.2, 0) is 4.57 Å². The maximum atomic E-state index is 13.9. The number of nitrogens with one attached hydrogen (secondary N) is 1. The average Bonchev–Trinajstić information content (AvgIpc) is 3.29. The molecule has 4 rings (SSSR count). The number of carbonyl (C=O) groups is 1. The van der Waals surface area contributed by atoms with Crippen molar-refractivity contribution in [2.75, 3.05) is 35.5 Å². The van der Waals surface area contributed by atoms with E-state index in [-0.39, 0.29) is 34.3 Å². The third-order valence-electron chi connectivity index (χ3n) is 5.82. The summed E-state index contributed by atoms with van der Waals surface area (Å²) in [7, 11) is 1.76. The van der Waals surface area contributed by atoms with Crippen molar-refractivity contribution in [2.45, 2.75) is 0 Å². The highest BCUT2D eigenvalue weighted by Crippen LogP contribution is 2.43. The van der Waals surface area contributed by atoms with Crippen LogP contribution in [0, 0.1) is 0 Å². The largest absolute Gasteiger partial charge is 0.780 e. The molecular formula is C26H24NO10P-2. The fraction of sp³-hybridized carbons (Fsp3) is 0.192. The van der Waals surface area contributed by atoms with Crippen LogP contribution in [0.5, 0.6) is 34.5 Å². The van der Waals surface area contributed by atoms with E-state index in [4.69, 9.17) is 23.7 Å². The Morgan fingerprint density at radius 3 is 1.97 bits per heavy atom. The third-order valence-corrected chi connectivity index (χ3v) is 6.24. The number of aromatic nitrogens is 1. The van der Waals surface area contributed by atoms with Crippen molar-refractivity contribution in [3.63, 3.8) is 0 Å². The van der Waals surface area contributed by atoms with Gasteiger partial charge in [-0.2, -0.15) is 0 Å². The first-order chi connectivity index (χ1) is 18.1. The number of ketones is 1. The fourth-order valence-electron chi connectivity index (χ4n) is 4.15. The predicted molar refractivity (Wildman–Crippen MR) is 135 cm³/mol. The molecule has 0 spiro atoms. The summed E-state index contributed by atoms with van der Waals surface area (Å²) in [6.07, 6.45) is 0. The van der Waals surface area contributed by atoms with Crippen molar-refractivity contribution in [1.82, 2.24) is 4.98 Å². The molecule has 0 saturated heterocycles. The highest BCUT2D eigenvalue weighted by atomic mass is 31.2. The number of benzene rings is 3. The quantitative estimate of drug-likeness (QED) is 0.234. The molecule has 0 unspecified atom stereocenters. The Balaban J connectivity index is 1.97. The lowest BCUT2D eigenvalue weighted by Gasteiger charge is -2.29. The minimum absolute atomic E-state index is 0.0275. The first-order valence-corrected chi connectivity index (χ1v) is 12.5. The molecule has 3 aromatic carbocycles. The molecule has 0 aliphatic heterocycles. The molecule has 0 radical (unpaired) electrons. The monoisotopic (exact) mass is 541 g/mol. The number of phosphoric ester groups is 1. The molecule has 0 bridgehead atoms. The number of methoxy groups -OCH3 is 5. The Kier molecular flexibility index (Phi) is 7.54. The van der Waals surface area contributed by atoms with Gasteiger partial charge in [0.15, 0.2) is 23.0 Å². The molecule has 0 amide bonds. The van der Waals surface area contributed by atoms with Gasteiger partial charge < -0.3 is 47.5 Å². The second-order valence-electron chi connectivity index (χ2n) is 7.93. The zero-order chi connectivity index (χ0) is 27.6. The van der Waals surface area contributed by atoms with Gasteiger partial charge in [-0.05, 0) is 42.0 Å². The first kappa shape index (κ1) is 26.9. The second-order valence-corrected chi connectivity index (χ2v) is 9.01. The third kappa shape index (κ3) is 5.12. The van der Waals surface area contributed by atoms with Gasteiger partial charge in [0, 0.05) is 22.6 Å². The van der Waals surface area contributed by atoms with Gasteiger partial charge >= 0.3 is 0 Å². The SMILES string of the molecule is COc1ccc2c(-c3ccc(OC)c(OP(=O)([O-])[O-])c3)c(C(=O)c3cc(OC)c(OC)c(OC)c3)[nH]c2c1. The maximum Gasteiger partial charge on any atom is 0.210 e. The number of H-pyrrole nitrogens is 1. The van der Waals surface area contributed by atoms with Crippen LogP contribution < -0.4 is 38.0 Å². The molecule has 1 aromatic heterocycles. The van der Waals surface area contributed by atoms with Crippen LogP contribution in [-0.4, -0.2) is 46.3 Å². The summed E-state index contributed by atoms with van der Waals surface area (Å²) in [6, 6.07) is 12.6. The van der Waals surface area contributed by atoms with Crippen molar-refractivity contribution in [3.8, 4) is 45.6 Å². The average molecular weight is 541 g/mol. The summed E-state index contributed by atoms with van der Waals surface area (Å²) < 4.78 is 42.6. The highest BCUT2D eigenvalue weighted by molar-refractivity contribution is 7.43. The van der Waals surface area contributed by atoms with Gasteiger partial charge in [0.25, 0.3) is 0 Å².